The number of guanidine groups is 1. The van der Waals surface area contributed by atoms with Gasteiger partial charge in [0.25, 0.3) is 0 Å². The lowest BCUT2D eigenvalue weighted by Crippen LogP contribution is -2.57. The van der Waals surface area contributed by atoms with Crippen molar-refractivity contribution in [2.75, 3.05) is 19.7 Å². The molecule has 11 N–H and O–H groups in total. The van der Waals surface area contributed by atoms with E-state index in [9.17, 15) is 29.4 Å². The zero-order valence-electron chi connectivity index (χ0n) is 16.6. The largest absolute Gasteiger partial charge is 0.480 e. The monoisotopic (exact) mass is 417 g/mol. The van der Waals surface area contributed by atoms with Gasteiger partial charge in [0.1, 0.15) is 18.1 Å². The second-order valence-corrected chi connectivity index (χ2v) is 6.59. The number of carbonyl (C=O) groups excluding carboxylic acids is 3. The number of carbonyl (C=O) groups is 4. The van der Waals surface area contributed by atoms with Gasteiger partial charge in [-0.15, -0.1) is 0 Å². The predicted molar refractivity (Wildman–Crippen MR) is 104 cm³/mol. The van der Waals surface area contributed by atoms with Crippen molar-refractivity contribution in [2.24, 2.45) is 28.1 Å². The van der Waals surface area contributed by atoms with Crippen LogP contribution in [0.2, 0.25) is 0 Å². The summed E-state index contributed by atoms with van der Waals surface area (Å²) < 4.78 is 0. The molecular formula is C16H31N7O6. The second-order valence-electron chi connectivity index (χ2n) is 6.59. The quantitative estimate of drug-likeness (QED) is 0.0831. The third-order valence-corrected chi connectivity index (χ3v) is 3.83. The number of aliphatic imine (C=N–C) groups is 1. The van der Waals surface area contributed by atoms with Crippen LogP contribution in [-0.4, -0.2) is 77.7 Å². The molecule has 0 heterocycles. The van der Waals surface area contributed by atoms with Gasteiger partial charge in [0, 0.05) is 6.54 Å². The molecule has 0 aliphatic rings. The SMILES string of the molecule is CC(C)C(NC(=O)C(CCCN=C(N)N)NC(=O)C(CO)NC(=O)CN)C(=O)O. The van der Waals surface area contributed by atoms with Crippen LogP contribution in [0.25, 0.3) is 0 Å². The number of nitrogens with zero attached hydrogens (tertiary/aromatic N) is 1. The summed E-state index contributed by atoms with van der Waals surface area (Å²) in [7, 11) is 0. The Kier molecular flexibility index (Phi) is 11.9. The summed E-state index contributed by atoms with van der Waals surface area (Å²) in [5, 5.41) is 25.5. The van der Waals surface area contributed by atoms with E-state index in [4.69, 9.17) is 17.2 Å². The number of hydrogen-bond donors (Lipinski definition) is 8. The maximum atomic E-state index is 12.6. The van der Waals surface area contributed by atoms with Crippen LogP contribution in [0.5, 0.6) is 0 Å². The highest BCUT2D eigenvalue weighted by molar-refractivity contribution is 5.93. The number of nitrogens with one attached hydrogen (secondary N) is 3. The highest BCUT2D eigenvalue weighted by atomic mass is 16.4. The standard InChI is InChI=1S/C16H31N7O6/c1-8(2)12(15(28)29)23-13(26)9(4-3-5-20-16(18)19)22-14(27)10(7-24)21-11(25)6-17/h8-10,12,24H,3-7,17H2,1-2H3,(H,21,25)(H,22,27)(H,23,26)(H,28,29)(H4,18,19,20). The molecule has 0 aliphatic carbocycles. The summed E-state index contributed by atoms with van der Waals surface area (Å²) in [6, 6.07) is -3.62. The van der Waals surface area contributed by atoms with Gasteiger partial charge in [-0.05, 0) is 18.8 Å². The van der Waals surface area contributed by atoms with Crippen LogP contribution >= 0.6 is 0 Å². The number of rotatable bonds is 13. The lowest BCUT2D eigenvalue weighted by atomic mass is 10.0. The number of aliphatic carboxylic acids is 1. The number of aliphatic hydroxyl groups excluding tert-OH is 1. The highest BCUT2D eigenvalue weighted by Gasteiger charge is 2.30. The minimum absolute atomic E-state index is 0.0851. The first-order chi connectivity index (χ1) is 13.5. The Morgan fingerprint density at radius 1 is 1.00 bits per heavy atom. The van der Waals surface area contributed by atoms with Crippen molar-refractivity contribution in [3.8, 4) is 0 Å². The van der Waals surface area contributed by atoms with Gasteiger partial charge < -0.3 is 43.4 Å². The number of carboxylic acids is 1. The van der Waals surface area contributed by atoms with Gasteiger partial charge in [-0.3, -0.25) is 19.4 Å². The van der Waals surface area contributed by atoms with Gasteiger partial charge >= 0.3 is 5.97 Å². The van der Waals surface area contributed by atoms with E-state index in [1.165, 1.54) is 0 Å². The van der Waals surface area contributed by atoms with E-state index in [0.717, 1.165) is 0 Å². The summed E-state index contributed by atoms with van der Waals surface area (Å²) >= 11 is 0. The summed E-state index contributed by atoms with van der Waals surface area (Å²) in [5.41, 5.74) is 15.6. The number of amides is 3. The minimum atomic E-state index is -1.32. The van der Waals surface area contributed by atoms with Crippen LogP contribution in [0.1, 0.15) is 26.7 Å². The average molecular weight is 417 g/mol. The van der Waals surface area contributed by atoms with Gasteiger partial charge in [0.15, 0.2) is 5.96 Å². The van der Waals surface area contributed by atoms with E-state index >= 15 is 0 Å². The van der Waals surface area contributed by atoms with Crippen molar-refractivity contribution < 1.29 is 29.4 Å². The van der Waals surface area contributed by atoms with Gasteiger partial charge in [-0.2, -0.15) is 0 Å². The number of carboxylic acid groups (broad SMARTS) is 1. The Balaban J connectivity index is 5.27. The fourth-order valence-corrected chi connectivity index (χ4v) is 2.26. The first-order valence-corrected chi connectivity index (χ1v) is 9.02. The Labute approximate surface area is 168 Å². The molecule has 13 nitrogen and oxygen atoms in total. The topological polar surface area (TPSA) is 235 Å². The van der Waals surface area contributed by atoms with Crippen molar-refractivity contribution in [3.63, 3.8) is 0 Å². The molecule has 3 amide bonds. The second kappa shape index (κ2) is 13.3. The van der Waals surface area contributed by atoms with Crippen LogP contribution in [0, 0.1) is 5.92 Å². The van der Waals surface area contributed by atoms with Crippen molar-refractivity contribution >= 4 is 29.7 Å². The van der Waals surface area contributed by atoms with Crippen molar-refractivity contribution in [2.45, 2.75) is 44.8 Å². The summed E-state index contributed by atoms with van der Waals surface area (Å²) in [6.45, 7) is 2.32. The third kappa shape index (κ3) is 10.3. The molecule has 29 heavy (non-hydrogen) atoms. The van der Waals surface area contributed by atoms with E-state index in [0.29, 0.717) is 6.42 Å². The Morgan fingerprint density at radius 3 is 2.03 bits per heavy atom. The molecule has 0 fully saturated rings. The van der Waals surface area contributed by atoms with E-state index in [-0.39, 0.29) is 25.5 Å². The predicted octanol–water partition coefficient (Wildman–Crippen LogP) is -3.81. The maximum Gasteiger partial charge on any atom is 0.326 e. The van der Waals surface area contributed by atoms with E-state index in [1.807, 2.05) is 0 Å². The number of aliphatic hydroxyl groups is 1. The molecule has 0 rings (SSSR count). The molecule has 0 bridgehead atoms. The van der Waals surface area contributed by atoms with Crippen molar-refractivity contribution in [1.29, 1.82) is 0 Å². The lowest BCUT2D eigenvalue weighted by Gasteiger charge is -2.25. The molecule has 0 aromatic rings. The number of nitrogens with two attached hydrogens (primary N) is 3. The summed E-state index contributed by atoms with van der Waals surface area (Å²) in [5.74, 6) is -3.98. The summed E-state index contributed by atoms with van der Waals surface area (Å²) in [4.78, 5) is 51.4. The molecule has 0 aliphatic heterocycles. The molecule has 0 saturated heterocycles. The van der Waals surface area contributed by atoms with Crippen molar-refractivity contribution in [1.82, 2.24) is 16.0 Å². The number of hydrogen-bond acceptors (Lipinski definition) is 7. The highest BCUT2D eigenvalue weighted by Crippen LogP contribution is 2.05. The summed E-state index contributed by atoms with van der Waals surface area (Å²) in [6.07, 6.45) is 0.385. The first-order valence-electron chi connectivity index (χ1n) is 9.02. The molecule has 3 atom stereocenters. The van der Waals surface area contributed by atoms with Gasteiger partial charge in [-0.25, -0.2) is 4.79 Å². The van der Waals surface area contributed by atoms with Gasteiger partial charge in [-0.1, -0.05) is 13.8 Å². The fourth-order valence-electron chi connectivity index (χ4n) is 2.26. The van der Waals surface area contributed by atoms with Crippen LogP contribution in [0.3, 0.4) is 0 Å². The fraction of sp³-hybridized carbons (Fsp3) is 0.688. The molecule has 13 heteroatoms. The Morgan fingerprint density at radius 2 is 1.59 bits per heavy atom. The maximum absolute atomic E-state index is 12.6. The molecule has 0 aromatic heterocycles. The molecule has 166 valence electrons. The normalized spacial score (nSPS) is 13.7. The van der Waals surface area contributed by atoms with E-state index in [2.05, 4.69) is 20.9 Å². The van der Waals surface area contributed by atoms with E-state index in [1.54, 1.807) is 13.8 Å². The Bertz CT molecular complexity index is 607. The van der Waals surface area contributed by atoms with Gasteiger partial charge in [0.2, 0.25) is 17.7 Å². The van der Waals surface area contributed by atoms with Crippen LogP contribution in [-0.2, 0) is 19.2 Å². The zero-order chi connectivity index (χ0) is 22.6. The zero-order valence-corrected chi connectivity index (χ0v) is 16.6. The average Bonchev–Trinajstić information content (AvgIpc) is 2.64. The first kappa shape index (κ1) is 26.1. The molecule has 3 unspecified atom stereocenters. The van der Waals surface area contributed by atoms with E-state index < -0.39 is 54.3 Å². The van der Waals surface area contributed by atoms with Crippen LogP contribution < -0.4 is 33.2 Å². The molecule has 0 saturated carbocycles. The molecule has 0 radical (unpaired) electrons. The van der Waals surface area contributed by atoms with Crippen molar-refractivity contribution in [3.05, 3.63) is 0 Å². The molecule has 0 spiro atoms. The third-order valence-electron chi connectivity index (χ3n) is 3.83. The smallest absolute Gasteiger partial charge is 0.326 e. The Hall–Kier alpha value is -2.93. The van der Waals surface area contributed by atoms with Crippen LogP contribution in [0.15, 0.2) is 4.99 Å². The molecular weight excluding hydrogens is 386 g/mol. The lowest BCUT2D eigenvalue weighted by molar-refractivity contribution is -0.143. The van der Waals surface area contributed by atoms with Crippen LogP contribution in [0.4, 0.5) is 0 Å². The molecule has 0 aromatic carbocycles. The minimum Gasteiger partial charge on any atom is -0.480 e. The van der Waals surface area contributed by atoms with Gasteiger partial charge in [0.05, 0.1) is 13.2 Å².